The van der Waals surface area contributed by atoms with Crippen molar-refractivity contribution in [2.24, 2.45) is 0 Å². The predicted octanol–water partition coefficient (Wildman–Crippen LogP) is 4.55. The largest absolute Gasteiger partial charge is 0.493 e. The summed E-state index contributed by atoms with van der Waals surface area (Å²) in [6.07, 6.45) is 5.12. The average Bonchev–Trinajstić information content (AvgIpc) is 3.06. The smallest absolute Gasteiger partial charge is 0.185 e. The van der Waals surface area contributed by atoms with Crippen LogP contribution in [0.25, 0.3) is 12.2 Å². The number of rotatable bonds is 6. The second-order valence-corrected chi connectivity index (χ2v) is 6.33. The number of ether oxygens (including phenoxy) is 4. The van der Waals surface area contributed by atoms with Gasteiger partial charge in [0.05, 0.1) is 28.4 Å². The molecule has 5 nitrogen and oxygen atoms in total. The highest BCUT2D eigenvalue weighted by atomic mass is 16.5. The van der Waals surface area contributed by atoms with E-state index in [-0.39, 0.29) is 5.78 Å². The third kappa shape index (κ3) is 3.74. The van der Waals surface area contributed by atoms with Crippen LogP contribution in [0.1, 0.15) is 24.0 Å². The summed E-state index contributed by atoms with van der Waals surface area (Å²) in [5, 5.41) is 0. The Balaban J connectivity index is 1.95. The van der Waals surface area contributed by atoms with Gasteiger partial charge in [0, 0.05) is 22.3 Å². The van der Waals surface area contributed by atoms with Crippen LogP contribution in [-0.4, -0.2) is 34.2 Å². The monoisotopic (exact) mass is 380 g/mol. The lowest BCUT2D eigenvalue weighted by Gasteiger charge is -2.11. The first-order valence-corrected chi connectivity index (χ1v) is 9.00. The molecule has 0 bridgehead atoms. The van der Waals surface area contributed by atoms with Gasteiger partial charge in [0.2, 0.25) is 0 Å². The van der Waals surface area contributed by atoms with Crippen molar-refractivity contribution in [3.63, 3.8) is 0 Å². The Labute approximate surface area is 165 Å². The Kier molecular flexibility index (Phi) is 6.04. The molecular weight excluding hydrogens is 356 g/mol. The van der Waals surface area contributed by atoms with Gasteiger partial charge in [0.1, 0.15) is 0 Å². The Bertz CT molecular complexity index is 865. The third-order valence-corrected chi connectivity index (χ3v) is 4.77. The van der Waals surface area contributed by atoms with Crippen LogP contribution in [0.4, 0.5) is 0 Å². The fourth-order valence-corrected chi connectivity index (χ4v) is 3.40. The first-order valence-electron chi connectivity index (χ1n) is 9.00. The van der Waals surface area contributed by atoms with Crippen molar-refractivity contribution >= 4 is 17.9 Å². The molecule has 1 aliphatic rings. The second kappa shape index (κ2) is 8.65. The molecule has 0 aliphatic heterocycles. The molecule has 0 amide bonds. The summed E-state index contributed by atoms with van der Waals surface area (Å²) in [6.45, 7) is 0. The van der Waals surface area contributed by atoms with Gasteiger partial charge in [0.25, 0.3) is 0 Å². The first-order chi connectivity index (χ1) is 13.6. The SMILES string of the molecule is COc1cccc(/C=C2/CC/C(=C\c3cccc(OC)c3OC)C2=O)c1OC. The quantitative estimate of drug-likeness (QED) is 0.688. The van der Waals surface area contributed by atoms with Crippen molar-refractivity contribution in [2.75, 3.05) is 28.4 Å². The standard InChI is InChI=1S/C23H24O5/c1-25-19-9-5-7-17(22(19)27-3)13-15-11-12-16(21(15)24)14-18-8-6-10-20(26-2)23(18)28-4/h5-10,13-14H,11-12H2,1-4H3/b15-13-,16-14+. The first kappa shape index (κ1) is 19.5. The number of ketones is 1. The minimum atomic E-state index is 0.0368. The summed E-state index contributed by atoms with van der Waals surface area (Å²) in [5.41, 5.74) is 3.15. The van der Waals surface area contributed by atoms with Crippen LogP contribution in [0.2, 0.25) is 0 Å². The fourth-order valence-electron chi connectivity index (χ4n) is 3.40. The highest BCUT2D eigenvalue weighted by Crippen LogP contribution is 2.37. The number of allylic oxidation sites excluding steroid dienone is 2. The molecule has 0 N–H and O–H groups in total. The molecule has 2 aromatic rings. The van der Waals surface area contributed by atoms with Gasteiger partial charge in [-0.2, -0.15) is 0 Å². The molecule has 0 heterocycles. The lowest BCUT2D eigenvalue weighted by molar-refractivity contribution is -0.111. The Morgan fingerprint density at radius 1 is 0.679 bits per heavy atom. The van der Waals surface area contributed by atoms with E-state index in [0.29, 0.717) is 35.8 Å². The number of methoxy groups -OCH3 is 4. The Morgan fingerprint density at radius 3 is 1.46 bits per heavy atom. The number of benzene rings is 2. The molecule has 5 heteroatoms. The zero-order chi connectivity index (χ0) is 20.1. The molecule has 1 fully saturated rings. The van der Waals surface area contributed by atoms with E-state index in [2.05, 4.69) is 0 Å². The molecule has 3 rings (SSSR count). The highest BCUT2D eigenvalue weighted by molar-refractivity contribution is 6.15. The fraction of sp³-hybridized carbons (Fsp3) is 0.261. The zero-order valence-electron chi connectivity index (χ0n) is 16.6. The van der Waals surface area contributed by atoms with Crippen LogP contribution in [0.5, 0.6) is 23.0 Å². The van der Waals surface area contributed by atoms with Gasteiger partial charge in [-0.1, -0.05) is 24.3 Å². The molecule has 1 aliphatic carbocycles. The van der Waals surface area contributed by atoms with Gasteiger partial charge in [-0.05, 0) is 37.1 Å². The number of hydrogen-bond donors (Lipinski definition) is 0. The van der Waals surface area contributed by atoms with Gasteiger partial charge in [-0.3, -0.25) is 4.79 Å². The molecule has 0 spiro atoms. The highest BCUT2D eigenvalue weighted by Gasteiger charge is 2.24. The zero-order valence-corrected chi connectivity index (χ0v) is 16.6. The lowest BCUT2D eigenvalue weighted by atomic mass is 10.1. The van der Waals surface area contributed by atoms with E-state index in [1.807, 2.05) is 48.6 Å². The number of carbonyl (C=O) groups excluding carboxylic acids is 1. The van der Waals surface area contributed by atoms with Crippen molar-refractivity contribution in [1.29, 1.82) is 0 Å². The minimum Gasteiger partial charge on any atom is -0.493 e. The van der Waals surface area contributed by atoms with E-state index in [1.54, 1.807) is 28.4 Å². The summed E-state index contributed by atoms with van der Waals surface area (Å²) in [5.74, 6) is 2.56. The van der Waals surface area contributed by atoms with E-state index in [0.717, 1.165) is 22.3 Å². The van der Waals surface area contributed by atoms with Gasteiger partial charge in [-0.25, -0.2) is 0 Å². The van der Waals surface area contributed by atoms with E-state index in [1.165, 1.54) is 0 Å². The van der Waals surface area contributed by atoms with E-state index >= 15 is 0 Å². The minimum absolute atomic E-state index is 0.0368. The van der Waals surface area contributed by atoms with Crippen LogP contribution in [-0.2, 0) is 4.79 Å². The summed E-state index contributed by atoms with van der Waals surface area (Å²) in [7, 11) is 6.38. The van der Waals surface area contributed by atoms with Crippen LogP contribution >= 0.6 is 0 Å². The van der Waals surface area contributed by atoms with Gasteiger partial charge in [0.15, 0.2) is 28.8 Å². The maximum absolute atomic E-state index is 12.9. The maximum atomic E-state index is 12.9. The second-order valence-electron chi connectivity index (χ2n) is 6.33. The Hall–Kier alpha value is -3.21. The van der Waals surface area contributed by atoms with Crippen LogP contribution in [0.3, 0.4) is 0 Å². The van der Waals surface area contributed by atoms with Crippen molar-refractivity contribution in [1.82, 2.24) is 0 Å². The van der Waals surface area contributed by atoms with Crippen molar-refractivity contribution in [3.8, 4) is 23.0 Å². The molecule has 1 saturated carbocycles. The molecule has 0 aromatic heterocycles. The topological polar surface area (TPSA) is 54.0 Å². The van der Waals surface area contributed by atoms with E-state index < -0.39 is 0 Å². The number of hydrogen-bond acceptors (Lipinski definition) is 5. The number of para-hydroxylation sites is 2. The summed E-state index contributed by atoms with van der Waals surface area (Å²) >= 11 is 0. The summed E-state index contributed by atoms with van der Waals surface area (Å²) < 4.78 is 21.6. The van der Waals surface area contributed by atoms with Crippen LogP contribution < -0.4 is 18.9 Å². The maximum Gasteiger partial charge on any atom is 0.185 e. The van der Waals surface area contributed by atoms with Crippen LogP contribution in [0.15, 0.2) is 47.5 Å². The molecule has 28 heavy (non-hydrogen) atoms. The van der Waals surface area contributed by atoms with Crippen molar-refractivity contribution in [2.45, 2.75) is 12.8 Å². The molecule has 0 saturated heterocycles. The van der Waals surface area contributed by atoms with Crippen LogP contribution in [0, 0.1) is 0 Å². The number of Topliss-reactive ketones (excluding diaryl/α,β-unsaturated/α-hetero) is 1. The molecule has 0 unspecified atom stereocenters. The lowest BCUT2D eigenvalue weighted by Crippen LogP contribution is -1.98. The summed E-state index contributed by atoms with van der Waals surface area (Å²) in [4.78, 5) is 12.9. The van der Waals surface area contributed by atoms with Crippen molar-refractivity contribution in [3.05, 3.63) is 58.7 Å². The third-order valence-electron chi connectivity index (χ3n) is 4.77. The average molecular weight is 380 g/mol. The van der Waals surface area contributed by atoms with Crippen molar-refractivity contribution < 1.29 is 23.7 Å². The molecule has 146 valence electrons. The number of carbonyl (C=O) groups is 1. The molecule has 0 atom stereocenters. The van der Waals surface area contributed by atoms with Gasteiger partial charge in [-0.15, -0.1) is 0 Å². The molecule has 0 radical (unpaired) electrons. The van der Waals surface area contributed by atoms with E-state index in [4.69, 9.17) is 18.9 Å². The van der Waals surface area contributed by atoms with Gasteiger partial charge < -0.3 is 18.9 Å². The molecule has 2 aromatic carbocycles. The predicted molar refractivity (Wildman–Crippen MR) is 109 cm³/mol. The Morgan fingerprint density at radius 2 is 1.11 bits per heavy atom. The van der Waals surface area contributed by atoms with E-state index in [9.17, 15) is 4.79 Å². The molecular formula is C23H24O5. The van der Waals surface area contributed by atoms with Gasteiger partial charge >= 0.3 is 0 Å². The summed E-state index contributed by atoms with van der Waals surface area (Å²) in [6, 6.07) is 11.2. The normalized spacial score (nSPS) is 16.5.